The summed E-state index contributed by atoms with van der Waals surface area (Å²) < 4.78 is 0. The zero-order valence-electron chi connectivity index (χ0n) is 9.97. The summed E-state index contributed by atoms with van der Waals surface area (Å²) >= 11 is 0. The lowest BCUT2D eigenvalue weighted by atomic mass is 10.2. The fourth-order valence-corrected chi connectivity index (χ4v) is 1.54. The number of carbonyl (C=O) groups excluding carboxylic acids is 1. The van der Waals surface area contributed by atoms with Crippen molar-refractivity contribution < 1.29 is 4.79 Å². The van der Waals surface area contributed by atoms with E-state index in [4.69, 9.17) is 5.26 Å². The molecule has 90 valence electrons. The van der Waals surface area contributed by atoms with Crippen LogP contribution in [0.15, 0.2) is 0 Å². The van der Waals surface area contributed by atoms with Gasteiger partial charge in [0.05, 0.1) is 12.5 Å². The SMILES string of the molecule is CC(CC#N)N(C)C(=O)c1n[nH]c(C2CC2)n1. The average Bonchev–Trinajstić information content (AvgIpc) is 3.06. The topological polar surface area (TPSA) is 85.7 Å². The van der Waals surface area contributed by atoms with E-state index in [2.05, 4.69) is 15.2 Å². The van der Waals surface area contributed by atoms with Crippen molar-refractivity contribution in [3.8, 4) is 6.07 Å². The van der Waals surface area contributed by atoms with E-state index in [9.17, 15) is 4.79 Å². The predicted octanol–water partition coefficient (Wildman–Crippen LogP) is 1.06. The summed E-state index contributed by atoms with van der Waals surface area (Å²) in [7, 11) is 1.66. The number of aromatic nitrogens is 3. The van der Waals surface area contributed by atoms with Crippen molar-refractivity contribution in [2.45, 2.75) is 38.1 Å². The third-order valence-corrected chi connectivity index (χ3v) is 3.03. The molecule has 1 heterocycles. The van der Waals surface area contributed by atoms with E-state index < -0.39 is 0 Å². The van der Waals surface area contributed by atoms with Crippen molar-refractivity contribution in [3.05, 3.63) is 11.6 Å². The minimum absolute atomic E-state index is 0.129. The second kappa shape index (κ2) is 4.53. The van der Waals surface area contributed by atoms with Gasteiger partial charge in [-0.15, -0.1) is 5.10 Å². The summed E-state index contributed by atoms with van der Waals surface area (Å²) in [5.41, 5.74) is 0. The molecule has 0 aromatic carbocycles. The highest BCUT2D eigenvalue weighted by atomic mass is 16.2. The summed E-state index contributed by atoms with van der Waals surface area (Å²) in [6.07, 6.45) is 2.54. The molecule has 1 unspecified atom stereocenters. The van der Waals surface area contributed by atoms with Crippen molar-refractivity contribution in [2.24, 2.45) is 0 Å². The maximum Gasteiger partial charge on any atom is 0.293 e. The van der Waals surface area contributed by atoms with Crippen LogP contribution in [-0.2, 0) is 0 Å². The normalized spacial score (nSPS) is 16.3. The van der Waals surface area contributed by atoms with E-state index in [-0.39, 0.29) is 17.8 Å². The molecule has 1 atom stereocenters. The van der Waals surface area contributed by atoms with Crippen LogP contribution in [0, 0.1) is 11.3 Å². The molecule has 0 aliphatic heterocycles. The average molecular weight is 233 g/mol. The van der Waals surface area contributed by atoms with Gasteiger partial charge in [0.15, 0.2) is 0 Å². The Morgan fingerprint density at radius 1 is 1.71 bits per heavy atom. The number of rotatable bonds is 4. The first-order valence-corrected chi connectivity index (χ1v) is 5.70. The lowest BCUT2D eigenvalue weighted by Crippen LogP contribution is -2.35. The highest BCUT2D eigenvalue weighted by molar-refractivity contribution is 5.90. The molecule has 0 spiro atoms. The van der Waals surface area contributed by atoms with Crippen molar-refractivity contribution in [1.29, 1.82) is 5.26 Å². The number of nitriles is 1. The Balaban J connectivity index is 2.05. The van der Waals surface area contributed by atoms with Crippen LogP contribution in [0.2, 0.25) is 0 Å². The maximum atomic E-state index is 12.0. The van der Waals surface area contributed by atoms with Gasteiger partial charge in [-0.3, -0.25) is 9.89 Å². The third-order valence-electron chi connectivity index (χ3n) is 3.03. The van der Waals surface area contributed by atoms with E-state index in [1.165, 1.54) is 4.90 Å². The van der Waals surface area contributed by atoms with Gasteiger partial charge in [-0.2, -0.15) is 5.26 Å². The standard InChI is InChI=1S/C11H15N5O/c1-7(5-6-12)16(2)11(17)10-13-9(14-15-10)8-3-4-8/h7-8H,3-5H2,1-2H3,(H,13,14,15). The first-order chi connectivity index (χ1) is 8.13. The summed E-state index contributed by atoms with van der Waals surface area (Å²) in [5.74, 6) is 1.20. The number of H-pyrrole nitrogens is 1. The molecular weight excluding hydrogens is 218 g/mol. The first-order valence-electron chi connectivity index (χ1n) is 5.70. The van der Waals surface area contributed by atoms with Crippen LogP contribution >= 0.6 is 0 Å². The number of carbonyl (C=O) groups is 1. The largest absolute Gasteiger partial charge is 0.335 e. The van der Waals surface area contributed by atoms with E-state index >= 15 is 0 Å². The fourth-order valence-electron chi connectivity index (χ4n) is 1.54. The van der Waals surface area contributed by atoms with Crippen molar-refractivity contribution in [1.82, 2.24) is 20.1 Å². The lowest BCUT2D eigenvalue weighted by Gasteiger charge is -2.21. The highest BCUT2D eigenvalue weighted by Crippen LogP contribution is 2.37. The fraction of sp³-hybridized carbons (Fsp3) is 0.636. The molecule has 1 amide bonds. The Kier molecular flexibility index (Phi) is 3.09. The van der Waals surface area contributed by atoms with Crippen LogP contribution in [0.3, 0.4) is 0 Å². The smallest absolute Gasteiger partial charge is 0.293 e. The molecule has 6 nitrogen and oxygen atoms in total. The molecule has 2 rings (SSSR count). The van der Waals surface area contributed by atoms with E-state index in [0.717, 1.165) is 18.7 Å². The molecule has 1 fully saturated rings. The molecule has 0 radical (unpaired) electrons. The third kappa shape index (κ3) is 2.44. The first kappa shape index (κ1) is 11.6. The molecule has 17 heavy (non-hydrogen) atoms. The molecule has 1 saturated carbocycles. The Morgan fingerprint density at radius 2 is 2.41 bits per heavy atom. The molecule has 6 heteroatoms. The van der Waals surface area contributed by atoms with Crippen LogP contribution in [0.5, 0.6) is 0 Å². The van der Waals surface area contributed by atoms with Gasteiger partial charge in [0.25, 0.3) is 5.91 Å². The van der Waals surface area contributed by atoms with Crippen LogP contribution in [0.4, 0.5) is 0 Å². The van der Waals surface area contributed by atoms with Gasteiger partial charge in [-0.1, -0.05) is 0 Å². The Bertz CT molecular complexity index is 457. The number of aromatic amines is 1. The van der Waals surface area contributed by atoms with Gasteiger partial charge in [0, 0.05) is 19.0 Å². The molecule has 0 bridgehead atoms. The van der Waals surface area contributed by atoms with Gasteiger partial charge in [-0.25, -0.2) is 4.98 Å². The minimum Gasteiger partial charge on any atom is -0.335 e. The van der Waals surface area contributed by atoms with Gasteiger partial charge in [0.2, 0.25) is 5.82 Å². The Morgan fingerprint density at radius 3 is 3.00 bits per heavy atom. The van der Waals surface area contributed by atoms with Gasteiger partial charge >= 0.3 is 0 Å². The monoisotopic (exact) mass is 233 g/mol. The van der Waals surface area contributed by atoms with Gasteiger partial charge in [0.1, 0.15) is 5.82 Å². The van der Waals surface area contributed by atoms with Crippen molar-refractivity contribution >= 4 is 5.91 Å². The van der Waals surface area contributed by atoms with E-state index in [0.29, 0.717) is 12.3 Å². The minimum atomic E-state index is -0.240. The Labute approximate surface area is 99.6 Å². The van der Waals surface area contributed by atoms with Crippen molar-refractivity contribution in [2.75, 3.05) is 7.05 Å². The number of hydrogen-bond donors (Lipinski definition) is 1. The van der Waals surface area contributed by atoms with E-state index in [1.54, 1.807) is 7.05 Å². The number of hydrogen-bond acceptors (Lipinski definition) is 4. The number of nitrogens with zero attached hydrogens (tertiary/aromatic N) is 4. The zero-order chi connectivity index (χ0) is 12.4. The summed E-state index contributed by atoms with van der Waals surface area (Å²) in [5, 5.41) is 15.3. The molecule has 0 saturated heterocycles. The molecule has 1 N–H and O–H groups in total. The summed E-state index contributed by atoms with van der Waals surface area (Å²) in [6, 6.07) is 1.92. The number of nitrogens with one attached hydrogen (secondary N) is 1. The van der Waals surface area contributed by atoms with E-state index in [1.807, 2.05) is 13.0 Å². The van der Waals surface area contributed by atoms with Crippen LogP contribution < -0.4 is 0 Å². The second-order valence-electron chi connectivity index (χ2n) is 4.45. The number of amides is 1. The molecular formula is C11H15N5O. The highest BCUT2D eigenvalue weighted by Gasteiger charge is 2.29. The summed E-state index contributed by atoms with van der Waals surface area (Å²) in [4.78, 5) is 17.7. The predicted molar refractivity (Wildman–Crippen MR) is 60.1 cm³/mol. The van der Waals surface area contributed by atoms with Crippen molar-refractivity contribution in [3.63, 3.8) is 0 Å². The molecule has 1 aliphatic rings. The van der Waals surface area contributed by atoms with Crippen LogP contribution in [0.25, 0.3) is 0 Å². The lowest BCUT2D eigenvalue weighted by molar-refractivity contribution is 0.0734. The zero-order valence-corrected chi connectivity index (χ0v) is 9.97. The van der Waals surface area contributed by atoms with Gasteiger partial charge < -0.3 is 4.90 Å². The second-order valence-corrected chi connectivity index (χ2v) is 4.45. The van der Waals surface area contributed by atoms with Gasteiger partial charge in [-0.05, 0) is 19.8 Å². The summed E-state index contributed by atoms with van der Waals surface area (Å²) in [6.45, 7) is 1.83. The molecule has 1 aromatic heterocycles. The molecule has 1 aliphatic carbocycles. The molecule has 1 aromatic rings. The Hall–Kier alpha value is -1.90. The quantitative estimate of drug-likeness (QED) is 0.842. The van der Waals surface area contributed by atoms with Crippen LogP contribution in [0.1, 0.15) is 48.5 Å². The van der Waals surface area contributed by atoms with Crippen LogP contribution in [-0.4, -0.2) is 39.1 Å². The maximum absolute atomic E-state index is 12.0.